The number of nitrogens with zero attached hydrogens (tertiary/aromatic N) is 1. The van der Waals surface area contributed by atoms with Crippen LogP contribution in [0.25, 0.3) is 11.3 Å². The molecule has 3 aliphatic rings. The maximum atomic E-state index is 13.1. The number of pyridine rings is 1. The highest BCUT2D eigenvalue weighted by Crippen LogP contribution is 2.65. The zero-order valence-corrected chi connectivity index (χ0v) is 20.1. The molecule has 0 amide bonds. The molecule has 0 radical (unpaired) electrons. The first-order valence-electron chi connectivity index (χ1n) is 11.9. The van der Waals surface area contributed by atoms with Gasteiger partial charge in [0.1, 0.15) is 17.1 Å². The van der Waals surface area contributed by atoms with E-state index >= 15 is 0 Å². The summed E-state index contributed by atoms with van der Waals surface area (Å²) in [6.07, 6.45) is 7.59. The monoisotopic (exact) mass is 451 g/mol. The molecule has 3 heterocycles. The molecule has 0 saturated heterocycles. The van der Waals surface area contributed by atoms with Crippen LogP contribution in [-0.2, 0) is 16.0 Å². The third-order valence-electron chi connectivity index (χ3n) is 9.22. The van der Waals surface area contributed by atoms with Crippen molar-refractivity contribution in [2.24, 2.45) is 28.6 Å². The number of hydrogen-bond donors (Lipinski definition) is 0. The van der Waals surface area contributed by atoms with E-state index in [-0.39, 0.29) is 39.9 Å². The number of hydrogen-bond acceptors (Lipinski definition) is 6. The second-order valence-electron chi connectivity index (χ2n) is 11.2. The maximum absolute atomic E-state index is 13.1. The molecule has 6 nitrogen and oxygen atoms in total. The Labute approximate surface area is 194 Å². The summed E-state index contributed by atoms with van der Waals surface area (Å²) in [7, 11) is 1.48. The van der Waals surface area contributed by atoms with Crippen LogP contribution in [0.4, 0.5) is 0 Å². The molecule has 2 aliphatic carbocycles. The second kappa shape index (κ2) is 7.44. The molecule has 2 saturated carbocycles. The highest BCUT2D eigenvalue weighted by Gasteiger charge is 2.63. The van der Waals surface area contributed by atoms with Crippen LogP contribution in [0.1, 0.15) is 58.9 Å². The molecular weight excluding hydrogens is 418 g/mol. The minimum Gasteiger partial charge on any atom is -0.487 e. The summed E-state index contributed by atoms with van der Waals surface area (Å²) in [5, 5.41) is 0. The van der Waals surface area contributed by atoms with Crippen molar-refractivity contribution < 1.29 is 18.7 Å². The molecule has 5 rings (SSSR count). The largest absolute Gasteiger partial charge is 0.487 e. The second-order valence-corrected chi connectivity index (χ2v) is 11.2. The van der Waals surface area contributed by atoms with Gasteiger partial charge in [0.15, 0.2) is 0 Å². The van der Waals surface area contributed by atoms with Crippen molar-refractivity contribution in [2.75, 3.05) is 7.11 Å². The number of carbonyl (C=O) groups is 1. The topological polar surface area (TPSA) is 78.6 Å². The van der Waals surface area contributed by atoms with Gasteiger partial charge in [-0.25, -0.2) is 4.79 Å². The third kappa shape index (κ3) is 3.24. The van der Waals surface area contributed by atoms with Gasteiger partial charge in [-0.1, -0.05) is 20.8 Å². The summed E-state index contributed by atoms with van der Waals surface area (Å²) >= 11 is 0. The molecule has 5 atom stereocenters. The first-order valence-corrected chi connectivity index (χ1v) is 11.9. The van der Waals surface area contributed by atoms with Crippen molar-refractivity contribution >= 4 is 5.97 Å². The number of ether oxygens (including phenoxy) is 2. The quantitative estimate of drug-likeness (QED) is 0.596. The van der Waals surface area contributed by atoms with Gasteiger partial charge >= 0.3 is 11.6 Å². The highest BCUT2D eigenvalue weighted by molar-refractivity contribution is 5.73. The van der Waals surface area contributed by atoms with E-state index in [9.17, 15) is 9.59 Å². The summed E-state index contributed by atoms with van der Waals surface area (Å²) in [4.78, 5) is 29.8. The Morgan fingerprint density at radius 2 is 1.94 bits per heavy atom. The van der Waals surface area contributed by atoms with Crippen LogP contribution in [-0.4, -0.2) is 23.7 Å². The molecule has 0 spiro atoms. The Balaban J connectivity index is 1.53. The number of methoxy groups -OCH3 is 1. The number of rotatable bonds is 2. The molecule has 0 N–H and O–H groups in total. The molecular formula is C27H33NO5. The van der Waals surface area contributed by atoms with E-state index in [2.05, 4.69) is 32.7 Å². The number of esters is 1. The lowest BCUT2D eigenvalue weighted by atomic mass is 9.42. The fraction of sp³-hybridized carbons (Fsp3) is 0.593. The van der Waals surface area contributed by atoms with E-state index in [0.717, 1.165) is 31.2 Å². The summed E-state index contributed by atoms with van der Waals surface area (Å²) in [5.41, 5.74) is 0.448. The van der Waals surface area contributed by atoms with Crippen LogP contribution in [0.5, 0.6) is 5.75 Å². The van der Waals surface area contributed by atoms with E-state index in [1.54, 1.807) is 12.4 Å². The Hall–Kier alpha value is -2.63. The molecule has 2 aromatic heterocycles. The van der Waals surface area contributed by atoms with Crippen molar-refractivity contribution in [1.29, 1.82) is 0 Å². The van der Waals surface area contributed by atoms with Gasteiger partial charge in [-0.3, -0.25) is 9.78 Å². The van der Waals surface area contributed by atoms with E-state index in [0.29, 0.717) is 29.4 Å². The van der Waals surface area contributed by atoms with Gasteiger partial charge < -0.3 is 13.9 Å². The fourth-order valence-corrected chi connectivity index (χ4v) is 7.53. The molecule has 0 bridgehead atoms. The zero-order chi connectivity index (χ0) is 23.6. The summed E-state index contributed by atoms with van der Waals surface area (Å²) in [6, 6.07) is 5.54. The molecule has 2 fully saturated rings. The molecule has 2 aromatic rings. The third-order valence-corrected chi connectivity index (χ3v) is 9.22. The van der Waals surface area contributed by atoms with Crippen molar-refractivity contribution in [3.63, 3.8) is 0 Å². The first-order chi connectivity index (χ1) is 15.6. The number of carbonyl (C=O) groups excluding carboxylic acids is 1. The molecule has 6 heteroatoms. The summed E-state index contributed by atoms with van der Waals surface area (Å²) in [5.74, 6) is 1.41. The van der Waals surface area contributed by atoms with Gasteiger partial charge in [-0.05, 0) is 67.9 Å². The van der Waals surface area contributed by atoms with Crippen LogP contribution in [0, 0.1) is 28.6 Å². The van der Waals surface area contributed by atoms with Crippen LogP contribution in [0.15, 0.2) is 39.8 Å². The molecule has 0 unspecified atom stereocenters. The Kier molecular flexibility index (Phi) is 5.00. The lowest BCUT2D eigenvalue weighted by Crippen LogP contribution is -2.63. The van der Waals surface area contributed by atoms with Crippen LogP contribution >= 0.6 is 0 Å². The SMILES string of the molecule is COC(=O)[C@H]1CC[C@]2(C)[C@H]3Cc4c(cc(-c5cccnc5)oc4=O)O[C@]3(C)CC[C@H]2C1(C)C. The minimum atomic E-state index is -0.369. The van der Waals surface area contributed by atoms with Crippen LogP contribution in [0.3, 0.4) is 0 Å². The smallest absolute Gasteiger partial charge is 0.343 e. The van der Waals surface area contributed by atoms with Crippen molar-refractivity contribution in [3.05, 3.63) is 46.6 Å². The summed E-state index contributed by atoms with van der Waals surface area (Å²) in [6.45, 7) is 8.96. The standard InChI is InChI=1S/C27H33NO5/c1-25(2)18(24(30)31-5)8-10-26(3)21(25)9-11-27(4)22(26)13-17-20(33-27)14-19(32-23(17)29)16-7-6-12-28-15-16/h6-7,12,14-15,18,21-22H,8-11,13H2,1-5H3/t18-,21+,22-,26+,27-/m1/s1. The molecule has 0 aromatic carbocycles. The van der Waals surface area contributed by atoms with Gasteiger partial charge in [0.2, 0.25) is 0 Å². The van der Waals surface area contributed by atoms with Crippen LogP contribution in [0.2, 0.25) is 0 Å². The maximum Gasteiger partial charge on any atom is 0.343 e. The van der Waals surface area contributed by atoms with Gasteiger partial charge in [-0.2, -0.15) is 0 Å². The summed E-state index contributed by atoms with van der Waals surface area (Å²) < 4.78 is 17.5. The van der Waals surface area contributed by atoms with Gasteiger partial charge in [0.25, 0.3) is 0 Å². The van der Waals surface area contributed by atoms with Crippen molar-refractivity contribution in [1.82, 2.24) is 4.98 Å². The predicted molar refractivity (Wildman–Crippen MR) is 124 cm³/mol. The number of fused-ring (bicyclic) bond motifs is 4. The van der Waals surface area contributed by atoms with Gasteiger partial charge in [-0.15, -0.1) is 0 Å². The normalized spacial score (nSPS) is 34.3. The average molecular weight is 452 g/mol. The molecule has 176 valence electrons. The minimum absolute atomic E-state index is 0.0484. The predicted octanol–water partition coefficient (Wildman–Crippen LogP) is 5.04. The lowest BCUT2D eigenvalue weighted by Gasteiger charge is -2.64. The van der Waals surface area contributed by atoms with E-state index < -0.39 is 0 Å². The molecule has 1 aliphatic heterocycles. The highest BCUT2D eigenvalue weighted by atomic mass is 16.5. The van der Waals surface area contributed by atoms with Gasteiger partial charge in [0, 0.05) is 29.9 Å². The van der Waals surface area contributed by atoms with Crippen LogP contribution < -0.4 is 10.4 Å². The lowest BCUT2D eigenvalue weighted by molar-refractivity contribution is -0.189. The number of aromatic nitrogens is 1. The average Bonchev–Trinajstić information content (AvgIpc) is 2.77. The van der Waals surface area contributed by atoms with Gasteiger partial charge in [0.05, 0.1) is 18.6 Å². The van der Waals surface area contributed by atoms with Crippen molar-refractivity contribution in [3.8, 4) is 17.1 Å². The molecule has 33 heavy (non-hydrogen) atoms. The zero-order valence-electron chi connectivity index (χ0n) is 20.1. The Bertz CT molecular complexity index is 1140. The van der Waals surface area contributed by atoms with Crippen molar-refractivity contribution in [2.45, 2.75) is 65.4 Å². The van der Waals surface area contributed by atoms with E-state index in [1.807, 2.05) is 18.2 Å². The van der Waals surface area contributed by atoms with E-state index in [1.165, 1.54) is 7.11 Å². The van der Waals surface area contributed by atoms with E-state index in [4.69, 9.17) is 13.9 Å². The Morgan fingerprint density at radius 1 is 1.15 bits per heavy atom. The Morgan fingerprint density at radius 3 is 2.64 bits per heavy atom. The fourth-order valence-electron chi connectivity index (χ4n) is 7.53. The first kappa shape index (κ1) is 22.2.